The smallest absolute Gasteiger partial charge is 0.232 e. The van der Waals surface area contributed by atoms with E-state index in [1.165, 1.54) is 6.92 Å². The van der Waals surface area contributed by atoms with E-state index in [4.69, 9.17) is 0 Å². The number of ketones is 1. The molecule has 0 aromatic carbocycles. The Morgan fingerprint density at radius 2 is 2.20 bits per heavy atom. The summed E-state index contributed by atoms with van der Waals surface area (Å²) in [7, 11) is 0. The van der Waals surface area contributed by atoms with Crippen molar-refractivity contribution in [2.24, 2.45) is 0 Å². The summed E-state index contributed by atoms with van der Waals surface area (Å²) in [6, 6.07) is 0. The van der Waals surface area contributed by atoms with Gasteiger partial charge in [-0.3, -0.25) is 0 Å². The van der Waals surface area contributed by atoms with Crippen LogP contribution in [0.3, 0.4) is 0 Å². The van der Waals surface area contributed by atoms with Crippen LogP contribution in [-0.2, 0) is 4.79 Å². The van der Waals surface area contributed by atoms with Crippen molar-refractivity contribution in [2.75, 3.05) is 0 Å². The third-order valence-corrected chi connectivity index (χ3v) is 0.249. The molecule has 0 saturated heterocycles. The second-order valence-corrected chi connectivity index (χ2v) is 0.733. The highest BCUT2D eigenvalue weighted by Gasteiger charge is 1.91. The number of hydrogen-bond acceptors (Lipinski definition) is 1. The molecule has 0 aromatic heterocycles. The molecule has 0 unspecified atom stereocenters. The minimum Gasteiger partial charge on any atom is -0.232 e. The molecule has 0 atom stereocenters. The van der Waals surface area contributed by atoms with Crippen LogP contribution in [-0.4, -0.2) is 5.78 Å². The van der Waals surface area contributed by atoms with Gasteiger partial charge in [0.1, 0.15) is 0 Å². The van der Waals surface area contributed by atoms with Gasteiger partial charge in [-0.05, 0) is 0 Å². The maximum absolute atomic E-state index is 9.64. The molecule has 0 fully saturated rings. The zero-order chi connectivity index (χ0) is 4.28. The predicted molar refractivity (Wildman–Crippen MR) is 19.6 cm³/mol. The zero-order valence-corrected chi connectivity index (χ0v) is 3.12. The molecule has 0 aliphatic rings. The van der Waals surface area contributed by atoms with Crippen LogP contribution in [0.15, 0.2) is 6.58 Å². The van der Waals surface area contributed by atoms with Crippen LogP contribution in [0, 0.1) is 6.08 Å². The van der Waals surface area contributed by atoms with E-state index >= 15 is 0 Å². The summed E-state index contributed by atoms with van der Waals surface area (Å²) >= 11 is 0. The fourth-order valence-electron chi connectivity index (χ4n) is 0. The largest absolute Gasteiger partial charge is 0.388 e. The van der Waals surface area contributed by atoms with Gasteiger partial charge in [-0.15, -0.1) is 0 Å². The number of Topliss-reactive ketones (excluding diaryl/α,β-unsaturated/α-hetero) is 1. The predicted octanol–water partition coefficient (Wildman–Crippen LogP) is 0.565. The fourth-order valence-corrected chi connectivity index (χ4v) is 0. The van der Waals surface area contributed by atoms with Crippen molar-refractivity contribution in [1.82, 2.24) is 0 Å². The zero-order valence-electron chi connectivity index (χ0n) is 3.12. The van der Waals surface area contributed by atoms with E-state index in [2.05, 4.69) is 12.7 Å². The molecule has 0 amide bonds. The quantitative estimate of drug-likeness (QED) is 0.325. The summed E-state index contributed by atoms with van der Waals surface area (Å²) in [5, 5.41) is 0. The van der Waals surface area contributed by atoms with Crippen molar-refractivity contribution >= 4 is 5.78 Å². The molecular formula is C4H5O+. The number of carbonyl (C=O) groups excluding carboxylic acids is 1. The Labute approximate surface area is 31.3 Å². The monoisotopic (exact) mass is 69.0 g/mol. The van der Waals surface area contributed by atoms with Crippen LogP contribution in [0.1, 0.15) is 6.92 Å². The van der Waals surface area contributed by atoms with Crippen LogP contribution in [0.5, 0.6) is 0 Å². The van der Waals surface area contributed by atoms with Crippen molar-refractivity contribution in [2.45, 2.75) is 6.92 Å². The lowest BCUT2D eigenvalue weighted by Crippen LogP contribution is -1.75. The second kappa shape index (κ2) is 1.62. The molecule has 5 heavy (non-hydrogen) atoms. The van der Waals surface area contributed by atoms with Gasteiger partial charge in [0.25, 0.3) is 6.08 Å². The lowest BCUT2D eigenvalue weighted by Gasteiger charge is -1.42. The number of hydrogen-bond donors (Lipinski definition) is 0. The van der Waals surface area contributed by atoms with E-state index in [0.29, 0.717) is 0 Å². The summed E-state index contributed by atoms with van der Waals surface area (Å²) in [5.74, 6) is -0.106. The molecule has 0 spiro atoms. The second-order valence-electron chi connectivity index (χ2n) is 0.733. The maximum atomic E-state index is 9.64. The van der Waals surface area contributed by atoms with Gasteiger partial charge >= 0.3 is 5.78 Å². The molecule has 1 nitrogen and oxygen atoms in total. The Balaban J connectivity index is 3.20. The highest BCUT2D eigenvalue weighted by molar-refractivity contribution is 5.82. The summed E-state index contributed by atoms with van der Waals surface area (Å²) in [6.45, 7) is 4.50. The van der Waals surface area contributed by atoms with Crippen LogP contribution in [0.4, 0.5) is 0 Å². The van der Waals surface area contributed by atoms with E-state index in [9.17, 15) is 4.79 Å². The molecule has 1 heteroatoms. The van der Waals surface area contributed by atoms with Gasteiger partial charge < -0.3 is 0 Å². The molecule has 0 aliphatic heterocycles. The molecule has 26 valence electrons. The van der Waals surface area contributed by atoms with Crippen molar-refractivity contribution in [3.8, 4) is 0 Å². The standard InChI is InChI=1S/C4H5O/c1-3-4(2)5/h1H2,2H3/q+1. The molecule has 0 heterocycles. The molecule has 0 aromatic rings. The molecule has 0 rings (SSSR count). The van der Waals surface area contributed by atoms with E-state index in [-0.39, 0.29) is 5.78 Å². The van der Waals surface area contributed by atoms with Crippen molar-refractivity contribution in [1.29, 1.82) is 0 Å². The topological polar surface area (TPSA) is 17.1 Å². The number of carbonyl (C=O) groups is 1. The van der Waals surface area contributed by atoms with Gasteiger partial charge in [-0.25, -0.2) is 4.79 Å². The maximum Gasteiger partial charge on any atom is 0.388 e. The highest BCUT2D eigenvalue weighted by atomic mass is 16.1. The van der Waals surface area contributed by atoms with Gasteiger partial charge in [0.15, 0.2) is 6.58 Å². The number of allylic oxidation sites excluding steroid dienone is 1. The fraction of sp³-hybridized carbons (Fsp3) is 0.250. The average molecular weight is 69.1 g/mol. The number of rotatable bonds is 1. The minimum atomic E-state index is -0.106. The van der Waals surface area contributed by atoms with Gasteiger partial charge in [0, 0.05) is 0 Å². The highest BCUT2D eigenvalue weighted by Crippen LogP contribution is 1.58. The van der Waals surface area contributed by atoms with Gasteiger partial charge in [-0.1, -0.05) is 0 Å². The summed E-state index contributed by atoms with van der Waals surface area (Å²) in [6.07, 6.45) is 2.14. The van der Waals surface area contributed by atoms with E-state index in [0.717, 1.165) is 0 Å². The minimum absolute atomic E-state index is 0.106. The van der Waals surface area contributed by atoms with Crippen LogP contribution >= 0.6 is 0 Å². The van der Waals surface area contributed by atoms with E-state index < -0.39 is 0 Å². The van der Waals surface area contributed by atoms with Crippen molar-refractivity contribution in [3.05, 3.63) is 12.7 Å². The Morgan fingerprint density at radius 1 is 2.00 bits per heavy atom. The Morgan fingerprint density at radius 3 is 2.20 bits per heavy atom. The lowest BCUT2D eigenvalue weighted by molar-refractivity contribution is -0.113. The first kappa shape index (κ1) is 4.32. The van der Waals surface area contributed by atoms with Crippen molar-refractivity contribution in [3.63, 3.8) is 0 Å². The summed E-state index contributed by atoms with van der Waals surface area (Å²) < 4.78 is 0. The normalized spacial score (nSPS) is 5.80. The van der Waals surface area contributed by atoms with Gasteiger partial charge in [0.2, 0.25) is 0 Å². The van der Waals surface area contributed by atoms with Crippen LogP contribution < -0.4 is 0 Å². The molecule has 0 saturated carbocycles. The molecule has 0 aliphatic carbocycles. The first-order chi connectivity index (χ1) is 2.27. The molecule has 0 radical (unpaired) electrons. The first-order valence-electron chi connectivity index (χ1n) is 1.31. The van der Waals surface area contributed by atoms with Crippen molar-refractivity contribution < 1.29 is 4.79 Å². The van der Waals surface area contributed by atoms with E-state index in [1.807, 2.05) is 0 Å². The van der Waals surface area contributed by atoms with E-state index in [1.54, 1.807) is 0 Å². The SMILES string of the molecule is C=[C+]C(C)=O. The summed E-state index contributed by atoms with van der Waals surface area (Å²) in [4.78, 5) is 9.64. The molecule has 0 bridgehead atoms. The Hall–Kier alpha value is -0.680. The summed E-state index contributed by atoms with van der Waals surface area (Å²) in [5.41, 5.74) is 0. The Bertz CT molecular complexity index is 54.7. The van der Waals surface area contributed by atoms with Crippen LogP contribution in [0.2, 0.25) is 0 Å². The molecule has 0 N–H and O–H groups in total. The lowest BCUT2D eigenvalue weighted by atomic mass is 10.5. The molecular weight excluding hydrogens is 64.0 g/mol. The third kappa shape index (κ3) is 3.32. The van der Waals surface area contributed by atoms with Gasteiger partial charge in [-0.2, -0.15) is 0 Å². The van der Waals surface area contributed by atoms with Crippen LogP contribution in [0.25, 0.3) is 0 Å². The third-order valence-electron chi connectivity index (χ3n) is 0.249. The first-order valence-corrected chi connectivity index (χ1v) is 1.31. The van der Waals surface area contributed by atoms with Gasteiger partial charge in [0.05, 0.1) is 6.92 Å². The Kier molecular flexibility index (Phi) is 1.40. The average Bonchev–Trinajstić information content (AvgIpc) is 1.38.